The van der Waals surface area contributed by atoms with Crippen molar-refractivity contribution >= 4 is 32.8 Å². The van der Waals surface area contributed by atoms with Crippen molar-refractivity contribution in [3.8, 4) is 17.3 Å². The van der Waals surface area contributed by atoms with Crippen LogP contribution in [0.5, 0.6) is 11.5 Å². The number of fused-ring (bicyclic) bond motifs is 5. The monoisotopic (exact) mass is 790 g/mol. The first-order valence-electron chi connectivity index (χ1n) is 18.9. The van der Waals surface area contributed by atoms with Gasteiger partial charge < -0.3 is 0 Å². The Labute approximate surface area is 290 Å². The fourth-order valence-electron chi connectivity index (χ4n) is 6.70. The van der Waals surface area contributed by atoms with Crippen LogP contribution in [0.25, 0.3) is 38.7 Å². The minimum absolute atomic E-state index is 0.131. The van der Waals surface area contributed by atoms with Crippen molar-refractivity contribution in [3.05, 3.63) is 124 Å². The number of pyridine rings is 1. The third kappa shape index (κ3) is 4.71. The molecular formula is C40H36N4OPt-2. The fourth-order valence-corrected chi connectivity index (χ4v) is 7.61. The molecule has 0 aliphatic heterocycles. The number of imidazole rings is 1. The average Bonchev–Trinajstić information content (AvgIpc) is 3.61. The summed E-state index contributed by atoms with van der Waals surface area (Å²) in [4.78, 5) is 4.67. The number of hydrogen-bond acceptors (Lipinski definition) is 2. The average molecular weight is 791 g/mol. The van der Waals surface area contributed by atoms with Crippen molar-refractivity contribution in [1.82, 2.24) is 18.7 Å². The molecule has 2 atom stereocenters. The predicted octanol–water partition coefficient (Wildman–Crippen LogP) is 9.73. The van der Waals surface area contributed by atoms with Gasteiger partial charge >= 0.3 is 206 Å². The summed E-state index contributed by atoms with van der Waals surface area (Å²) >= 11 is 2.13. The molecule has 0 bridgehead atoms. The van der Waals surface area contributed by atoms with Crippen LogP contribution in [-0.2, 0) is 31.7 Å². The van der Waals surface area contributed by atoms with Gasteiger partial charge in [0.2, 0.25) is 0 Å². The van der Waals surface area contributed by atoms with Gasteiger partial charge in [-0.2, -0.15) is 0 Å². The van der Waals surface area contributed by atoms with Crippen LogP contribution in [0.15, 0.2) is 91.0 Å². The predicted molar refractivity (Wildman–Crippen MR) is 181 cm³/mol. The summed E-state index contributed by atoms with van der Waals surface area (Å²) in [6.07, 6.45) is 3.44. The molecule has 5 nitrogen and oxygen atoms in total. The normalized spacial score (nSPS) is 19.2. The van der Waals surface area contributed by atoms with Crippen LogP contribution in [0.1, 0.15) is 78.8 Å². The molecule has 0 N–H and O–H groups in total. The minimum atomic E-state index is -2.35. The quantitative estimate of drug-likeness (QED) is 0.167. The first-order chi connectivity index (χ1) is 25.1. The van der Waals surface area contributed by atoms with Crippen LogP contribution in [0.3, 0.4) is 0 Å². The summed E-state index contributed by atoms with van der Waals surface area (Å²) in [6.45, 7) is 6.15. The van der Waals surface area contributed by atoms with Crippen molar-refractivity contribution in [1.29, 1.82) is 0 Å². The number of hydrogen-bond donors (Lipinski definition) is 0. The number of benzene rings is 4. The van der Waals surface area contributed by atoms with Gasteiger partial charge in [0.1, 0.15) is 0 Å². The van der Waals surface area contributed by atoms with Crippen LogP contribution in [0, 0.1) is 15.9 Å². The standard InChI is InChI=1S/C40H36N4O.Pt/c1-26-14-19-34(43-25-42(5)36-12-8-9-13-37(36)43)33-23-28(15-17-30(26)33)45-29-16-18-32-31-10-6-7-11-35(31)44(38(32)24-29)39-22-27(20-21-41-39)40(2,3)4;/h6-13,15-18,20-22,26,34H,14,19H2,1-5H3;/q-2;/i5D3,6D,7D,10D,11D;. The van der Waals surface area contributed by atoms with E-state index in [1.54, 1.807) is 22.9 Å². The molecule has 3 aromatic heterocycles. The Morgan fingerprint density at radius 3 is 2.54 bits per heavy atom. The Hall–Kier alpha value is -4.21. The molecule has 46 heavy (non-hydrogen) atoms. The van der Waals surface area contributed by atoms with E-state index in [1.807, 2.05) is 42.5 Å². The molecule has 1 aliphatic rings. The summed E-state index contributed by atoms with van der Waals surface area (Å²) in [7, 11) is 0. The number of aryl methyl sites for hydroxylation is 1. The Bertz CT molecular complexity index is 2690. The van der Waals surface area contributed by atoms with E-state index in [2.05, 4.69) is 74.8 Å². The van der Waals surface area contributed by atoms with Crippen LogP contribution < -0.4 is 4.74 Å². The summed E-state index contributed by atoms with van der Waals surface area (Å²) < 4.78 is 72.0. The fraction of sp³-hybridized carbons (Fsp3) is 0.250. The second kappa shape index (κ2) is 11.0. The molecule has 0 fully saturated rings. The zero-order valence-corrected chi connectivity index (χ0v) is 28.2. The maximum absolute atomic E-state index is 8.93. The minimum Gasteiger partial charge on any atom is -0.239 e. The number of aromatic nitrogens is 4. The maximum atomic E-state index is 8.93. The van der Waals surface area contributed by atoms with Crippen LogP contribution in [0.2, 0.25) is 0 Å². The Kier molecular flexibility index (Phi) is 5.32. The van der Waals surface area contributed by atoms with Gasteiger partial charge in [0.05, 0.1) is 5.48 Å². The van der Waals surface area contributed by atoms with Crippen molar-refractivity contribution in [2.75, 3.05) is 0 Å². The first kappa shape index (κ1) is 22.3. The molecule has 0 amide bonds. The molecule has 0 saturated carbocycles. The van der Waals surface area contributed by atoms with E-state index in [0.717, 1.165) is 35.0 Å². The smallest absolute Gasteiger partial charge is 0.239 e. The number of rotatable bonds is 4. The molecular weight excluding hydrogens is 748 g/mol. The van der Waals surface area contributed by atoms with Crippen molar-refractivity contribution in [2.24, 2.45) is 6.98 Å². The summed E-state index contributed by atoms with van der Waals surface area (Å²) in [5.74, 6) is 1.63. The van der Waals surface area contributed by atoms with E-state index >= 15 is 0 Å². The topological polar surface area (TPSA) is 36.9 Å². The van der Waals surface area contributed by atoms with Gasteiger partial charge in [0.15, 0.2) is 0 Å². The van der Waals surface area contributed by atoms with Crippen LogP contribution in [-0.4, -0.2) is 18.7 Å². The first-order valence-corrected chi connectivity index (χ1v) is 16.6. The Morgan fingerprint density at radius 1 is 0.935 bits per heavy atom. The molecule has 8 rings (SSSR count). The summed E-state index contributed by atoms with van der Waals surface area (Å²) in [6, 6.07) is 24.9. The van der Waals surface area contributed by atoms with E-state index in [0.29, 0.717) is 48.4 Å². The number of ether oxygens (including phenoxy) is 1. The molecule has 234 valence electrons. The molecule has 7 aromatic rings. The summed E-state index contributed by atoms with van der Waals surface area (Å²) in [5.41, 5.74) is 5.22. The SMILES string of the molecule is [2H]c1c([2H])c([2H])c2c(c1[2H])c1ccc(Oc3[c-]c4c(cc3)C(C)CCC4n3[c](=[Pt])n(C([2H])([2H])[2H])c4ccccc43)[c-]c1n2-c1cc(C(C)(C)C)ccn1. The van der Waals surface area contributed by atoms with Gasteiger partial charge in [-0.05, 0) is 29.2 Å². The van der Waals surface area contributed by atoms with Gasteiger partial charge in [-0.1, -0.05) is 38.9 Å². The molecule has 6 heteroatoms. The van der Waals surface area contributed by atoms with E-state index in [-0.39, 0.29) is 41.5 Å². The third-order valence-corrected chi connectivity index (χ3v) is 10.2. The van der Waals surface area contributed by atoms with Crippen LogP contribution >= 0.6 is 0 Å². The molecule has 2 unspecified atom stereocenters. The van der Waals surface area contributed by atoms with E-state index < -0.39 is 6.98 Å². The van der Waals surface area contributed by atoms with Crippen molar-refractivity contribution < 1.29 is 33.7 Å². The number of para-hydroxylation sites is 3. The molecule has 3 heterocycles. The van der Waals surface area contributed by atoms with E-state index in [4.69, 9.17) is 14.3 Å². The number of nitrogens with zero attached hydrogens (tertiary/aromatic N) is 4. The molecule has 0 spiro atoms. The molecule has 4 aromatic carbocycles. The van der Waals surface area contributed by atoms with Crippen molar-refractivity contribution in [3.63, 3.8) is 0 Å². The van der Waals surface area contributed by atoms with E-state index in [1.165, 1.54) is 4.57 Å². The molecule has 1 aliphatic carbocycles. The molecule has 0 saturated heterocycles. The third-order valence-electron chi connectivity index (χ3n) is 9.11. The van der Waals surface area contributed by atoms with Gasteiger partial charge in [0.25, 0.3) is 0 Å². The van der Waals surface area contributed by atoms with Crippen molar-refractivity contribution in [2.45, 2.75) is 57.9 Å². The molecule has 0 radical (unpaired) electrons. The zero-order chi connectivity index (χ0) is 37.7. The van der Waals surface area contributed by atoms with Gasteiger partial charge in [-0.3, -0.25) is 0 Å². The Balaban J connectivity index is 1.29. The van der Waals surface area contributed by atoms with E-state index in [9.17, 15) is 0 Å². The van der Waals surface area contributed by atoms with Crippen LogP contribution in [0.4, 0.5) is 0 Å². The van der Waals surface area contributed by atoms with Gasteiger partial charge in [0, 0.05) is 6.20 Å². The second-order valence-electron chi connectivity index (χ2n) is 13.0. The van der Waals surface area contributed by atoms with Gasteiger partial charge in [-0.25, -0.2) is 4.98 Å². The van der Waals surface area contributed by atoms with Gasteiger partial charge in [-0.15, -0.1) is 0 Å². The second-order valence-corrected chi connectivity index (χ2v) is 14.0. The summed E-state index contributed by atoms with van der Waals surface area (Å²) in [5, 5.41) is 0.985. The zero-order valence-electron chi connectivity index (χ0n) is 32.9. The Morgan fingerprint density at radius 2 is 1.72 bits per heavy atom.